The van der Waals surface area contributed by atoms with Crippen LogP contribution in [0, 0.1) is 11.8 Å². The highest BCUT2D eigenvalue weighted by molar-refractivity contribution is 9.09. The number of aliphatic hydroxyl groups excluding tert-OH is 1. The van der Waals surface area contributed by atoms with Gasteiger partial charge in [-0.3, -0.25) is 14.4 Å². The number of carbonyl (C=O) groups excluding carboxylic acids is 2. The van der Waals surface area contributed by atoms with Crippen molar-refractivity contribution in [2.45, 2.75) is 59.5 Å². The second-order valence-corrected chi connectivity index (χ2v) is 12.4. The highest BCUT2D eigenvalue weighted by Crippen LogP contribution is 2.68. The summed E-state index contributed by atoms with van der Waals surface area (Å²) < 4.78 is -0.859. The predicted octanol–water partition coefficient (Wildman–Crippen LogP) is 3.47. The molecule has 1 aromatic rings. The van der Waals surface area contributed by atoms with Crippen molar-refractivity contribution in [1.29, 1.82) is 0 Å². The number of carboxylic acid groups (broad SMARTS) is 1. The lowest BCUT2D eigenvalue weighted by Crippen LogP contribution is -2.56. The maximum Gasteiger partial charge on any atom is 0.308 e. The van der Waals surface area contributed by atoms with E-state index in [0.29, 0.717) is 19.5 Å². The van der Waals surface area contributed by atoms with Gasteiger partial charge in [0.15, 0.2) is 0 Å². The average molecular weight is 566 g/mol. The molecular formula is C26H33BrN2O5S. The molecular weight excluding hydrogens is 532 g/mol. The van der Waals surface area contributed by atoms with Crippen molar-refractivity contribution in [2.75, 3.05) is 19.7 Å². The minimum atomic E-state index is -1.01. The molecule has 3 aliphatic rings. The number of nitrogens with zero attached hydrogens (tertiary/aromatic N) is 2. The second-order valence-electron chi connectivity index (χ2n) is 9.64. The van der Waals surface area contributed by atoms with Gasteiger partial charge in [0.05, 0.1) is 29.2 Å². The van der Waals surface area contributed by atoms with Crippen LogP contribution < -0.4 is 0 Å². The quantitative estimate of drug-likeness (QED) is 0.242. The van der Waals surface area contributed by atoms with E-state index < -0.39 is 34.6 Å². The minimum Gasteiger partial charge on any atom is -0.481 e. The third-order valence-electron chi connectivity index (χ3n) is 7.63. The molecule has 3 aliphatic heterocycles. The van der Waals surface area contributed by atoms with Crippen LogP contribution in [0.5, 0.6) is 0 Å². The zero-order valence-electron chi connectivity index (χ0n) is 19.9. The Morgan fingerprint density at radius 1 is 1.34 bits per heavy atom. The molecule has 0 saturated carbocycles. The van der Waals surface area contributed by atoms with E-state index in [1.165, 1.54) is 16.7 Å². The molecule has 3 heterocycles. The monoisotopic (exact) mass is 564 g/mol. The van der Waals surface area contributed by atoms with Crippen LogP contribution in [0.4, 0.5) is 0 Å². The fraction of sp³-hybridized carbons (Fsp3) is 0.577. The zero-order valence-corrected chi connectivity index (χ0v) is 22.3. The predicted molar refractivity (Wildman–Crippen MR) is 139 cm³/mol. The molecule has 3 fully saturated rings. The van der Waals surface area contributed by atoms with Crippen LogP contribution in [0.2, 0.25) is 0 Å². The number of thioether (sulfide) groups is 1. The van der Waals surface area contributed by atoms with Gasteiger partial charge < -0.3 is 20.0 Å². The van der Waals surface area contributed by atoms with E-state index in [1.807, 2.05) is 30.3 Å². The summed E-state index contributed by atoms with van der Waals surface area (Å²) in [6.07, 6.45) is 5.04. The van der Waals surface area contributed by atoms with Crippen LogP contribution >= 0.6 is 27.7 Å². The Morgan fingerprint density at radius 2 is 2.06 bits per heavy atom. The van der Waals surface area contributed by atoms with Crippen LogP contribution in [0.15, 0.2) is 43.0 Å². The number of halogens is 1. The largest absolute Gasteiger partial charge is 0.481 e. The maximum atomic E-state index is 14.3. The lowest BCUT2D eigenvalue weighted by molar-refractivity contribution is -0.149. The molecule has 9 heteroatoms. The highest BCUT2D eigenvalue weighted by atomic mass is 79.9. The topological polar surface area (TPSA) is 98.2 Å². The minimum absolute atomic E-state index is 0.106. The number of aliphatic hydroxyl groups is 1. The fourth-order valence-electron chi connectivity index (χ4n) is 6.17. The fourth-order valence-corrected chi connectivity index (χ4v) is 9.75. The van der Waals surface area contributed by atoms with Crippen molar-refractivity contribution in [2.24, 2.45) is 11.8 Å². The summed E-state index contributed by atoms with van der Waals surface area (Å²) in [6, 6.07) is 7.58. The Balaban J connectivity index is 1.81. The van der Waals surface area contributed by atoms with Gasteiger partial charge in [0.2, 0.25) is 11.8 Å². The maximum absolute atomic E-state index is 14.3. The number of hydrogen-bond acceptors (Lipinski definition) is 5. The number of likely N-dealkylation sites (tertiary alicyclic amines) is 1. The molecule has 1 spiro atoms. The summed E-state index contributed by atoms with van der Waals surface area (Å²) in [5.74, 6) is -3.23. The first-order chi connectivity index (χ1) is 16.8. The summed E-state index contributed by atoms with van der Waals surface area (Å²) in [5.41, 5.74) is 0.723. The van der Waals surface area contributed by atoms with E-state index in [-0.39, 0.29) is 28.5 Å². The van der Waals surface area contributed by atoms with E-state index >= 15 is 0 Å². The van der Waals surface area contributed by atoms with Crippen LogP contribution in [-0.4, -0.2) is 78.4 Å². The normalized spacial score (nSPS) is 31.9. The van der Waals surface area contributed by atoms with E-state index in [9.17, 15) is 24.6 Å². The lowest BCUT2D eigenvalue weighted by atomic mass is 9.71. The van der Waals surface area contributed by atoms with E-state index in [0.717, 1.165) is 24.8 Å². The van der Waals surface area contributed by atoms with Crippen molar-refractivity contribution in [1.82, 2.24) is 9.80 Å². The number of fused-ring (bicyclic) bond motifs is 1. The van der Waals surface area contributed by atoms with Crippen LogP contribution in [0.25, 0.3) is 0 Å². The lowest BCUT2D eigenvalue weighted by Gasteiger charge is -2.40. The van der Waals surface area contributed by atoms with Gasteiger partial charge in [-0.1, -0.05) is 72.1 Å². The first kappa shape index (κ1) is 26.2. The Morgan fingerprint density at radius 3 is 2.66 bits per heavy atom. The molecule has 0 aliphatic carbocycles. The summed E-state index contributed by atoms with van der Waals surface area (Å²) in [7, 11) is 0. The first-order valence-corrected chi connectivity index (χ1v) is 14.0. The van der Waals surface area contributed by atoms with Gasteiger partial charge in [-0.25, -0.2) is 0 Å². The summed E-state index contributed by atoms with van der Waals surface area (Å²) in [4.78, 5) is 43.8. The number of rotatable bonds is 11. The number of carboxylic acids is 1. The van der Waals surface area contributed by atoms with Gasteiger partial charge in [0, 0.05) is 23.2 Å². The van der Waals surface area contributed by atoms with Gasteiger partial charge in [-0.05, 0) is 18.4 Å². The van der Waals surface area contributed by atoms with Crippen molar-refractivity contribution < 1.29 is 24.6 Å². The Kier molecular flexibility index (Phi) is 7.98. The SMILES string of the molecule is C=CCN(CCCCC)C(=O)C1N([C@H](CO)c2ccccc2)C(=O)[C@@H]2[C@@H](C(=O)O)[C@@H]3SC12CC3Br. The number of alkyl halides is 1. The first-order valence-electron chi connectivity index (χ1n) is 12.2. The van der Waals surface area contributed by atoms with E-state index in [2.05, 4.69) is 29.4 Å². The third kappa shape index (κ3) is 4.33. The van der Waals surface area contributed by atoms with Gasteiger partial charge in [-0.2, -0.15) is 0 Å². The molecule has 2 amide bonds. The molecule has 3 unspecified atom stereocenters. The second kappa shape index (κ2) is 10.6. The number of aliphatic carboxylic acids is 1. The Labute approximate surface area is 219 Å². The number of benzene rings is 1. The highest BCUT2D eigenvalue weighted by Gasteiger charge is 2.76. The average Bonchev–Trinajstić information content (AvgIpc) is 3.43. The van der Waals surface area contributed by atoms with Crippen LogP contribution in [0.1, 0.15) is 44.2 Å². The third-order valence-corrected chi connectivity index (χ3v) is 10.9. The molecule has 0 aromatic heterocycles. The molecule has 190 valence electrons. The number of hydrogen-bond donors (Lipinski definition) is 2. The number of amides is 2. The molecule has 0 radical (unpaired) electrons. The number of carbonyl (C=O) groups is 3. The summed E-state index contributed by atoms with van der Waals surface area (Å²) in [6.45, 7) is 6.46. The molecule has 3 saturated heterocycles. The molecule has 7 nitrogen and oxygen atoms in total. The Hall–Kier alpha value is -1.84. The van der Waals surface area contributed by atoms with Crippen molar-refractivity contribution >= 4 is 45.5 Å². The van der Waals surface area contributed by atoms with Gasteiger partial charge in [0.1, 0.15) is 6.04 Å². The molecule has 2 N–H and O–H groups in total. The van der Waals surface area contributed by atoms with E-state index in [1.54, 1.807) is 11.0 Å². The van der Waals surface area contributed by atoms with Gasteiger partial charge >= 0.3 is 5.97 Å². The summed E-state index contributed by atoms with van der Waals surface area (Å²) in [5, 5.41) is 20.3. The van der Waals surface area contributed by atoms with Crippen LogP contribution in [-0.2, 0) is 14.4 Å². The van der Waals surface area contributed by atoms with Gasteiger partial charge in [0.25, 0.3) is 0 Å². The van der Waals surface area contributed by atoms with Gasteiger partial charge in [-0.15, -0.1) is 18.3 Å². The molecule has 4 rings (SSSR count). The zero-order chi connectivity index (χ0) is 25.3. The number of unbranched alkanes of at least 4 members (excludes halogenated alkanes) is 2. The van der Waals surface area contributed by atoms with E-state index in [4.69, 9.17) is 0 Å². The van der Waals surface area contributed by atoms with Crippen molar-refractivity contribution in [3.05, 3.63) is 48.6 Å². The molecule has 35 heavy (non-hydrogen) atoms. The standard InChI is InChI=1S/C26H33BrN2O5S/c1-3-5-9-13-28(12-4-2)24(32)22-26-14-17(27)21(35-26)19(25(33)34)20(26)23(31)29(22)18(15-30)16-10-7-6-8-11-16/h4,6-8,10-11,17-22,30H,2-3,5,9,12-15H2,1H3,(H,33,34)/t17?,18-,19-,20+,21-,22?,26?/m1/s1. The van der Waals surface area contributed by atoms with Crippen molar-refractivity contribution in [3.63, 3.8) is 0 Å². The molecule has 1 aromatic carbocycles. The summed E-state index contributed by atoms with van der Waals surface area (Å²) >= 11 is 5.15. The molecule has 2 bridgehead atoms. The smallest absolute Gasteiger partial charge is 0.308 e. The van der Waals surface area contributed by atoms with Crippen molar-refractivity contribution in [3.8, 4) is 0 Å². The molecule has 7 atom stereocenters. The Bertz CT molecular complexity index is 978. The van der Waals surface area contributed by atoms with Crippen LogP contribution in [0.3, 0.4) is 0 Å².